The quantitative estimate of drug-likeness (QED) is 0.311. The fourth-order valence-corrected chi connectivity index (χ4v) is 4.26. The van der Waals surface area contributed by atoms with E-state index in [1.165, 1.54) is 18.6 Å². The van der Waals surface area contributed by atoms with E-state index in [4.69, 9.17) is 21.1 Å². The van der Waals surface area contributed by atoms with E-state index in [1.54, 1.807) is 0 Å². The second-order valence-electron chi connectivity index (χ2n) is 6.79. The predicted molar refractivity (Wildman–Crippen MR) is 128 cm³/mol. The molecule has 1 atom stereocenters. The summed E-state index contributed by atoms with van der Waals surface area (Å²) >= 11 is 7.94. The lowest BCUT2D eigenvalue weighted by Crippen LogP contribution is -2.39. The third-order valence-corrected chi connectivity index (χ3v) is 6.19. The molecule has 2 N–H and O–H groups in total. The number of hydrogen-bond donors (Lipinski definition) is 2. The molecule has 1 fully saturated rings. The molecule has 0 radical (unpaired) electrons. The minimum Gasteiger partial charge on any atom is -0.357 e. The molecule has 0 bridgehead atoms. The molecule has 154 valence electrons. The summed E-state index contributed by atoms with van der Waals surface area (Å²) in [5, 5.41) is 11.4. The Morgan fingerprint density at radius 3 is 2.79 bits per heavy atom. The van der Waals surface area contributed by atoms with Crippen LogP contribution in [0.25, 0.3) is 11.4 Å². The van der Waals surface area contributed by atoms with Gasteiger partial charge in [-0.3, -0.25) is 4.99 Å². The van der Waals surface area contributed by atoms with Gasteiger partial charge in [-0.1, -0.05) is 16.8 Å². The predicted octanol–water partition coefficient (Wildman–Crippen LogP) is 4.39. The number of nitrogens with one attached hydrogen (secondary N) is 2. The number of halogens is 2. The average molecular weight is 536 g/mol. The van der Waals surface area contributed by atoms with Gasteiger partial charge in [0.05, 0.1) is 6.54 Å². The molecule has 9 heteroatoms. The van der Waals surface area contributed by atoms with Crippen molar-refractivity contribution >= 4 is 53.3 Å². The average Bonchev–Trinajstić information content (AvgIpc) is 3.30. The molecule has 6 nitrogen and oxygen atoms in total. The molecule has 1 unspecified atom stereocenters. The molecule has 1 saturated heterocycles. The normalized spacial score (nSPS) is 19.3. The topological polar surface area (TPSA) is 75.3 Å². The minimum atomic E-state index is 0. The van der Waals surface area contributed by atoms with Crippen molar-refractivity contribution in [3.63, 3.8) is 0 Å². The first-order valence-corrected chi connectivity index (χ1v) is 10.7. The number of hydrogen-bond acceptors (Lipinski definition) is 5. The molecule has 2 aromatic rings. The van der Waals surface area contributed by atoms with Crippen LogP contribution in [0.3, 0.4) is 0 Å². The van der Waals surface area contributed by atoms with Crippen LogP contribution in [-0.4, -0.2) is 46.2 Å². The number of aromatic nitrogens is 2. The van der Waals surface area contributed by atoms with Gasteiger partial charge in [-0.05, 0) is 56.7 Å². The lowest BCUT2D eigenvalue weighted by Gasteiger charge is -2.20. The van der Waals surface area contributed by atoms with E-state index in [0.717, 1.165) is 24.6 Å². The maximum Gasteiger partial charge on any atom is 0.228 e. The highest BCUT2D eigenvalue weighted by atomic mass is 127. The molecule has 2 heterocycles. The van der Waals surface area contributed by atoms with Crippen molar-refractivity contribution in [2.24, 2.45) is 4.99 Å². The maximum atomic E-state index is 5.91. The molecule has 1 aliphatic heterocycles. The largest absolute Gasteiger partial charge is 0.357 e. The molecule has 28 heavy (non-hydrogen) atoms. The van der Waals surface area contributed by atoms with Crippen LogP contribution in [0.2, 0.25) is 5.02 Å². The summed E-state index contributed by atoms with van der Waals surface area (Å²) in [5.41, 5.74) is 0.888. The summed E-state index contributed by atoms with van der Waals surface area (Å²) in [7, 11) is 0. The second-order valence-corrected chi connectivity index (χ2v) is 8.91. The SMILES string of the molecule is CCNC(=NCC1(C)CCCS1)NCCc1nc(-c2ccc(Cl)cc2)no1.I. The Bertz CT molecular complexity index is 762. The van der Waals surface area contributed by atoms with E-state index in [-0.39, 0.29) is 28.7 Å². The lowest BCUT2D eigenvalue weighted by atomic mass is 10.1. The zero-order chi connectivity index (χ0) is 19.1. The van der Waals surface area contributed by atoms with Gasteiger partial charge in [-0.25, -0.2) is 0 Å². The Hall–Kier alpha value is -1.000. The molecule has 0 amide bonds. The van der Waals surface area contributed by atoms with E-state index < -0.39 is 0 Å². The summed E-state index contributed by atoms with van der Waals surface area (Å²) < 4.78 is 5.62. The molecule has 0 spiro atoms. The van der Waals surface area contributed by atoms with Crippen LogP contribution >= 0.6 is 47.3 Å². The Morgan fingerprint density at radius 2 is 2.11 bits per heavy atom. The Kier molecular flexibility index (Phi) is 9.36. The van der Waals surface area contributed by atoms with Crippen LogP contribution < -0.4 is 10.6 Å². The first kappa shape index (κ1) is 23.3. The van der Waals surface area contributed by atoms with Crippen LogP contribution in [0.1, 0.15) is 32.6 Å². The Morgan fingerprint density at radius 1 is 1.32 bits per heavy atom. The summed E-state index contributed by atoms with van der Waals surface area (Å²) in [5.74, 6) is 3.25. The van der Waals surface area contributed by atoms with Crippen molar-refractivity contribution in [1.29, 1.82) is 0 Å². The van der Waals surface area contributed by atoms with Gasteiger partial charge in [0.25, 0.3) is 0 Å². The molecule has 0 saturated carbocycles. The van der Waals surface area contributed by atoms with Crippen LogP contribution in [0, 0.1) is 0 Å². The van der Waals surface area contributed by atoms with Gasteiger partial charge in [0, 0.05) is 34.8 Å². The van der Waals surface area contributed by atoms with Crippen molar-refractivity contribution in [1.82, 2.24) is 20.8 Å². The van der Waals surface area contributed by atoms with Gasteiger partial charge in [0.15, 0.2) is 5.96 Å². The van der Waals surface area contributed by atoms with Gasteiger partial charge in [0.2, 0.25) is 11.7 Å². The summed E-state index contributed by atoms with van der Waals surface area (Å²) in [4.78, 5) is 9.20. The minimum absolute atomic E-state index is 0. The number of guanidine groups is 1. The highest BCUT2D eigenvalue weighted by molar-refractivity contribution is 14.0. The van der Waals surface area contributed by atoms with Gasteiger partial charge >= 0.3 is 0 Å². The van der Waals surface area contributed by atoms with Crippen molar-refractivity contribution in [3.05, 3.63) is 35.2 Å². The van der Waals surface area contributed by atoms with E-state index in [1.807, 2.05) is 36.0 Å². The number of nitrogens with zero attached hydrogens (tertiary/aromatic N) is 3. The highest BCUT2D eigenvalue weighted by Gasteiger charge is 2.29. The number of thioether (sulfide) groups is 1. The number of benzene rings is 1. The fourth-order valence-electron chi connectivity index (χ4n) is 2.91. The standard InChI is InChI=1S/C19H26ClN5OS.HI/c1-3-21-18(23-13-19(2)10-4-12-27-19)22-11-9-16-24-17(25-26-16)14-5-7-15(20)8-6-14;/h5-8H,3-4,9-13H2,1-2H3,(H2,21,22,23);1H. The number of aliphatic imine (C=N–C) groups is 1. The van der Waals surface area contributed by atoms with Crippen LogP contribution in [0.15, 0.2) is 33.8 Å². The van der Waals surface area contributed by atoms with Crippen molar-refractivity contribution in [3.8, 4) is 11.4 Å². The zero-order valence-electron chi connectivity index (χ0n) is 16.2. The third-order valence-electron chi connectivity index (χ3n) is 4.42. The Balaban J connectivity index is 0.00000280. The fraction of sp³-hybridized carbons (Fsp3) is 0.526. The molecule has 3 rings (SSSR count). The zero-order valence-corrected chi connectivity index (χ0v) is 20.1. The van der Waals surface area contributed by atoms with E-state index in [0.29, 0.717) is 29.7 Å². The molecular formula is C19H27ClIN5OS. The van der Waals surface area contributed by atoms with Crippen molar-refractivity contribution in [2.75, 3.05) is 25.4 Å². The van der Waals surface area contributed by atoms with Gasteiger partial charge in [-0.15, -0.1) is 24.0 Å². The first-order valence-electron chi connectivity index (χ1n) is 9.33. The summed E-state index contributed by atoms with van der Waals surface area (Å²) in [6.45, 7) is 6.71. The van der Waals surface area contributed by atoms with Crippen LogP contribution in [0.4, 0.5) is 0 Å². The van der Waals surface area contributed by atoms with Crippen LogP contribution in [-0.2, 0) is 6.42 Å². The monoisotopic (exact) mass is 535 g/mol. The van der Waals surface area contributed by atoms with E-state index in [9.17, 15) is 0 Å². The molecule has 1 aliphatic rings. The molecule has 1 aromatic heterocycles. The highest BCUT2D eigenvalue weighted by Crippen LogP contribution is 2.37. The third kappa shape index (κ3) is 6.81. The lowest BCUT2D eigenvalue weighted by molar-refractivity contribution is 0.378. The van der Waals surface area contributed by atoms with Gasteiger partial charge in [0.1, 0.15) is 0 Å². The van der Waals surface area contributed by atoms with Gasteiger partial charge in [-0.2, -0.15) is 16.7 Å². The smallest absolute Gasteiger partial charge is 0.228 e. The van der Waals surface area contributed by atoms with Crippen LogP contribution in [0.5, 0.6) is 0 Å². The van der Waals surface area contributed by atoms with Crippen molar-refractivity contribution in [2.45, 2.75) is 37.9 Å². The number of rotatable bonds is 7. The maximum absolute atomic E-state index is 5.91. The van der Waals surface area contributed by atoms with E-state index in [2.05, 4.69) is 34.6 Å². The molecular weight excluding hydrogens is 509 g/mol. The first-order chi connectivity index (χ1) is 13.1. The van der Waals surface area contributed by atoms with E-state index >= 15 is 0 Å². The Labute approximate surface area is 192 Å². The molecule has 1 aromatic carbocycles. The van der Waals surface area contributed by atoms with Gasteiger partial charge < -0.3 is 15.2 Å². The second kappa shape index (κ2) is 11.3. The molecule has 0 aliphatic carbocycles. The van der Waals surface area contributed by atoms with Crippen molar-refractivity contribution < 1.29 is 4.52 Å². The summed E-state index contributed by atoms with van der Waals surface area (Å²) in [6.07, 6.45) is 3.15. The summed E-state index contributed by atoms with van der Waals surface area (Å²) in [6, 6.07) is 7.40.